The van der Waals surface area contributed by atoms with E-state index in [0.717, 1.165) is 4.90 Å². The molecule has 3 aromatic rings. The molecule has 1 saturated heterocycles. The Morgan fingerprint density at radius 3 is 2.56 bits per heavy atom. The highest BCUT2D eigenvalue weighted by Gasteiger charge is 2.34. The topological polar surface area (TPSA) is 136 Å². The van der Waals surface area contributed by atoms with Gasteiger partial charge in [0.25, 0.3) is 11.8 Å². The molecule has 1 aromatic heterocycles. The molecule has 1 aliphatic heterocycles. The number of anilines is 1. The summed E-state index contributed by atoms with van der Waals surface area (Å²) < 4.78 is 21.7. The van der Waals surface area contributed by atoms with E-state index < -0.39 is 17.9 Å². The monoisotopic (exact) mass is 665 g/mol. The summed E-state index contributed by atoms with van der Waals surface area (Å²) in [7, 11) is 2.66. The number of hydrogen-bond acceptors (Lipinski definition) is 8. The van der Waals surface area contributed by atoms with Crippen molar-refractivity contribution in [1.29, 1.82) is 0 Å². The van der Waals surface area contributed by atoms with Crippen LogP contribution in [0, 0.1) is 3.57 Å². The van der Waals surface area contributed by atoms with E-state index >= 15 is 0 Å². The van der Waals surface area contributed by atoms with Crippen LogP contribution in [0.1, 0.15) is 21.9 Å². The average molecular weight is 666 g/mol. The van der Waals surface area contributed by atoms with Crippen LogP contribution in [0.25, 0.3) is 6.08 Å². The number of esters is 1. The van der Waals surface area contributed by atoms with Crippen molar-refractivity contribution in [3.05, 3.63) is 79.9 Å². The predicted molar refractivity (Wildman–Crippen MR) is 148 cm³/mol. The first kappa shape index (κ1) is 28.0. The Balaban J connectivity index is 1.45. The molecule has 4 rings (SSSR count). The van der Waals surface area contributed by atoms with Crippen molar-refractivity contribution in [1.82, 2.24) is 10.2 Å². The summed E-state index contributed by atoms with van der Waals surface area (Å²) in [6.45, 7) is -0.450. The Labute approximate surface area is 241 Å². The molecule has 0 spiro atoms. The number of methoxy groups -OCH3 is 2. The normalized spacial score (nSPS) is 13.8. The summed E-state index contributed by atoms with van der Waals surface area (Å²) in [6.07, 6.45) is 1.49. The minimum Gasteiger partial charge on any atom is -0.493 e. The number of rotatable bonds is 9. The number of ether oxygens (including phenoxy) is 3. The van der Waals surface area contributed by atoms with Crippen molar-refractivity contribution in [2.24, 2.45) is 0 Å². The number of carbonyl (C=O) groups is 4. The lowest BCUT2D eigenvalue weighted by molar-refractivity contribution is -0.123. The summed E-state index contributed by atoms with van der Waals surface area (Å²) in [4.78, 5) is 50.2. The molecule has 0 atom stereocenters. The van der Waals surface area contributed by atoms with Crippen molar-refractivity contribution in [2.45, 2.75) is 6.54 Å². The largest absolute Gasteiger partial charge is 0.493 e. The lowest BCUT2D eigenvalue weighted by Gasteiger charge is -2.14. The average Bonchev–Trinajstić information content (AvgIpc) is 3.49. The van der Waals surface area contributed by atoms with Crippen LogP contribution in [0.5, 0.6) is 11.5 Å². The SMILES string of the molecule is COC(=O)c1ccc(CN2C(=O)N/C(=C\c3cc(I)c(OCC(=O)Nc4ccc(Cl)cc4)c(OC)c3)C2=O)o1. The molecule has 0 radical (unpaired) electrons. The van der Waals surface area contributed by atoms with E-state index in [-0.39, 0.29) is 36.3 Å². The summed E-state index contributed by atoms with van der Waals surface area (Å²) in [5.74, 6) is -0.765. The van der Waals surface area contributed by atoms with E-state index in [0.29, 0.717) is 31.3 Å². The van der Waals surface area contributed by atoms with Gasteiger partial charge in [0, 0.05) is 10.7 Å². The first-order chi connectivity index (χ1) is 18.7. The van der Waals surface area contributed by atoms with Gasteiger partial charge < -0.3 is 29.3 Å². The van der Waals surface area contributed by atoms with Gasteiger partial charge in [-0.05, 0) is 82.8 Å². The number of furan rings is 1. The Kier molecular flexibility index (Phi) is 8.76. The van der Waals surface area contributed by atoms with E-state index in [1.54, 1.807) is 36.4 Å². The van der Waals surface area contributed by atoms with Crippen LogP contribution in [0.4, 0.5) is 10.5 Å². The van der Waals surface area contributed by atoms with E-state index in [2.05, 4.69) is 15.4 Å². The second-order valence-electron chi connectivity index (χ2n) is 8.01. The van der Waals surface area contributed by atoms with Gasteiger partial charge in [-0.2, -0.15) is 0 Å². The number of hydrogen-bond donors (Lipinski definition) is 2. The molecule has 202 valence electrons. The number of imide groups is 1. The number of benzene rings is 2. The maximum atomic E-state index is 12.9. The van der Waals surface area contributed by atoms with E-state index in [1.165, 1.54) is 32.4 Å². The molecule has 11 nitrogen and oxygen atoms in total. The first-order valence-electron chi connectivity index (χ1n) is 11.3. The molecule has 2 aromatic carbocycles. The third kappa shape index (κ3) is 6.70. The molecule has 4 amide bonds. The maximum Gasteiger partial charge on any atom is 0.373 e. The van der Waals surface area contributed by atoms with Crippen LogP contribution in [0.2, 0.25) is 5.02 Å². The molecule has 13 heteroatoms. The number of amides is 4. The number of nitrogens with zero attached hydrogens (tertiary/aromatic N) is 1. The van der Waals surface area contributed by atoms with Gasteiger partial charge >= 0.3 is 12.0 Å². The van der Waals surface area contributed by atoms with Gasteiger partial charge in [0.2, 0.25) is 5.76 Å². The van der Waals surface area contributed by atoms with Crippen LogP contribution in [-0.2, 0) is 20.9 Å². The number of urea groups is 1. The summed E-state index contributed by atoms with van der Waals surface area (Å²) in [6, 6.07) is 12.2. The van der Waals surface area contributed by atoms with Gasteiger partial charge in [-0.25, -0.2) is 9.59 Å². The van der Waals surface area contributed by atoms with E-state index in [1.807, 2.05) is 22.6 Å². The fraction of sp³-hybridized carbons (Fsp3) is 0.154. The zero-order valence-corrected chi connectivity index (χ0v) is 23.5. The molecule has 0 unspecified atom stereocenters. The smallest absolute Gasteiger partial charge is 0.373 e. The second kappa shape index (κ2) is 12.2. The van der Waals surface area contributed by atoms with Crippen molar-refractivity contribution in [3.8, 4) is 11.5 Å². The van der Waals surface area contributed by atoms with Crippen LogP contribution in [-0.4, -0.2) is 49.5 Å². The number of carbonyl (C=O) groups excluding carboxylic acids is 4. The van der Waals surface area contributed by atoms with Crippen LogP contribution in [0.15, 0.2) is 58.6 Å². The molecular weight excluding hydrogens is 645 g/mol. The molecule has 39 heavy (non-hydrogen) atoms. The summed E-state index contributed by atoms with van der Waals surface area (Å²) >= 11 is 7.88. The Hall–Kier alpha value is -4.04. The van der Waals surface area contributed by atoms with Crippen molar-refractivity contribution in [2.75, 3.05) is 26.1 Å². The van der Waals surface area contributed by atoms with Crippen LogP contribution >= 0.6 is 34.2 Å². The second-order valence-corrected chi connectivity index (χ2v) is 9.61. The molecule has 0 aliphatic carbocycles. The minimum atomic E-state index is -0.669. The molecule has 2 heterocycles. The van der Waals surface area contributed by atoms with Crippen molar-refractivity contribution in [3.63, 3.8) is 0 Å². The number of nitrogens with one attached hydrogen (secondary N) is 2. The zero-order valence-electron chi connectivity index (χ0n) is 20.6. The van der Waals surface area contributed by atoms with Gasteiger partial charge in [0.15, 0.2) is 18.1 Å². The molecule has 0 saturated carbocycles. The Bertz CT molecular complexity index is 1470. The minimum absolute atomic E-state index is 0.0358. The lowest BCUT2D eigenvalue weighted by atomic mass is 10.1. The molecule has 2 N–H and O–H groups in total. The number of halogens is 2. The van der Waals surface area contributed by atoms with Gasteiger partial charge in [-0.1, -0.05) is 11.6 Å². The van der Waals surface area contributed by atoms with Crippen LogP contribution in [0.3, 0.4) is 0 Å². The third-order valence-electron chi connectivity index (χ3n) is 5.36. The highest BCUT2D eigenvalue weighted by molar-refractivity contribution is 14.1. The lowest BCUT2D eigenvalue weighted by Crippen LogP contribution is -2.30. The van der Waals surface area contributed by atoms with E-state index in [4.69, 9.17) is 25.5 Å². The standard InChI is InChI=1S/C26H21ClIN3O8/c1-36-21-11-14(9-18(28)23(21)38-13-22(32)29-16-5-3-15(27)4-6-16)10-19-24(33)31(26(35)30-19)12-17-7-8-20(39-17)25(34)37-2/h3-11H,12-13H2,1-2H3,(H,29,32)(H,30,35)/b19-10-. The Morgan fingerprint density at radius 1 is 1.13 bits per heavy atom. The highest BCUT2D eigenvalue weighted by atomic mass is 127. The fourth-order valence-corrected chi connectivity index (χ4v) is 4.45. The summed E-state index contributed by atoms with van der Waals surface area (Å²) in [5, 5.41) is 5.79. The van der Waals surface area contributed by atoms with Gasteiger partial charge in [-0.3, -0.25) is 14.5 Å². The van der Waals surface area contributed by atoms with Gasteiger partial charge in [-0.15, -0.1) is 0 Å². The molecule has 1 fully saturated rings. The first-order valence-corrected chi connectivity index (χ1v) is 12.7. The quantitative estimate of drug-likeness (QED) is 0.148. The van der Waals surface area contributed by atoms with Crippen LogP contribution < -0.4 is 20.1 Å². The van der Waals surface area contributed by atoms with Gasteiger partial charge in [0.1, 0.15) is 11.5 Å². The Morgan fingerprint density at radius 2 is 1.87 bits per heavy atom. The van der Waals surface area contributed by atoms with Gasteiger partial charge in [0.05, 0.1) is 24.3 Å². The maximum absolute atomic E-state index is 12.9. The molecule has 0 bridgehead atoms. The third-order valence-corrected chi connectivity index (χ3v) is 6.42. The zero-order chi connectivity index (χ0) is 28.1. The predicted octanol–water partition coefficient (Wildman–Crippen LogP) is 4.44. The van der Waals surface area contributed by atoms with E-state index in [9.17, 15) is 19.2 Å². The molecular formula is C26H21ClIN3O8. The summed E-state index contributed by atoms with van der Waals surface area (Å²) in [5.41, 5.74) is 1.16. The molecule has 1 aliphatic rings. The van der Waals surface area contributed by atoms with Crippen molar-refractivity contribution >= 4 is 69.8 Å². The van der Waals surface area contributed by atoms with Crippen molar-refractivity contribution < 1.29 is 37.8 Å². The highest BCUT2D eigenvalue weighted by Crippen LogP contribution is 2.35. The fourth-order valence-electron chi connectivity index (χ4n) is 3.54.